The predicted molar refractivity (Wildman–Crippen MR) is 101 cm³/mol. The van der Waals surface area contributed by atoms with E-state index in [1.807, 2.05) is 0 Å². The van der Waals surface area contributed by atoms with Crippen LogP contribution in [0.1, 0.15) is 54.0 Å². The molecule has 0 spiro atoms. The van der Waals surface area contributed by atoms with Gasteiger partial charge in [0.25, 0.3) is 5.91 Å². The molecule has 4 nitrogen and oxygen atoms in total. The van der Waals surface area contributed by atoms with Gasteiger partial charge in [-0.3, -0.25) is 4.79 Å². The van der Waals surface area contributed by atoms with Crippen molar-refractivity contribution in [3.05, 3.63) is 46.2 Å². The van der Waals surface area contributed by atoms with E-state index in [9.17, 15) is 9.18 Å². The second-order valence-corrected chi connectivity index (χ2v) is 9.46. The van der Waals surface area contributed by atoms with Gasteiger partial charge >= 0.3 is 0 Å². The Labute approximate surface area is 162 Å². The molecule has 4 aliphatic carbocycles. The highest BCUT2D eigenvalue weighted by molar-refractivity contribution is 7.09. The molecule has 4 aliphatic rings. The number of thiazole rings is 1. The Morgan fingerprint density at radius 3 is 2.41 bits per heavy atom. The molecule has 1 heterocycles. The van der Waals surface area contributed by atoms with Crippen LogP contribution >= 0.6 is 11.3 Å². The Bertz CT molecular complexity index is 813. The molecule has 0 atom stereocenters. The van der Waals surface area contributed by atoms with E-state index in [2.05, 4.69) is 10.3 Å². The van der Waals surface area contributed by atoms with Gasteiger partial charge in [0.1, 0.15) is 28.9 Å². The lowest BCUT2D eigenvalue weighted by molar-refractivity contribution is -0.0167. The van der Waals surface area contributed by atoms with Gasteiger partial charge in [0.2, 0.25) is 0 Å². The fourth-order valence-corrected chi connectivity index (χ4v) is 6.41. The van der Waals surface area contributed by atoms with Crippen LogP contribution < -0.4 is 10.1 Å². The van der Waals surface area contributed by atoms with Gasteiger partial charge in [-0.15, -0.1) is 11.3 Å². The van der Waals surface area contributed by atoms with Gasteiger partial charge in [-0.1, -0.05) is 0 Å². The first kappa shape index (κ1) is 17.2. The van der Waals surface area contributed by atoms with E-state index < -0.39 is 0 Å². The number of benzene rings is 1. The number of carbonyl (C=O) groups is 1. The molecule has 1 N–H and O–H groups in total. The minimum Gasteiger partial charge on any atom is -0.486 e. The van der Waals surface area contributed by atoms with Gasteiger partial charge in [0, 0.05) is 10.9 Å². The molecule has 1 aromatic carbocycles. The first-order chi connectivity index (χ1) is 13.1. The van der Waals surface area contributed by atoms with Crippen molar-refractivity contribution in [2.75, 3.05) is 0 Å². The number of ether oxygens (including phenoxy) is 1. The Morgan fingerprint density at radius 1 is 1.15 bits per heavy atom. The first-order valence-electron chi connectivity index (χ1n) is 9.72. The Balaban J connectivity index is 1.22. The molecule has 0 radical (unpaired) electrons. The van der Waals surface area contributed by atoms with E-state index in [4.69, 9.17) is 4.74 Å². The van der Waals surface area contributed by atoms with E-state index in [-0.39, 0.29) is 23.9 Å². The van der Waals surface area contributed by atoms with Crippen molar-refractivity contribution in [3.63, 3.8) is 0 Å². The van der Waals surface area contributed by atoms with Crippen molar-refractivity contribution >= 4 is 17.2 Å². The van der Waals surface area contributed by atoms with Crippen LogP contribution in [0.2, 0.25) is 0 Å². The molecule has 4 bridgehead atoms. The molecule has 27 heavy (non-hydrogen) atoms. The number of nitrogens with zero attached hydrogens (tertiary/aromatic N) is 1. The van der Waals surface area contributed by atoms with Crippen LogP contribution in [0, 0.1) is 23.6 Å². The number of hydrogen-bond acceptors (Lipinski definition) is 4. The topological polar surface area (TPSA) is 51.2 Å². The van der Waals surface area contributed by atoms with Gasteiger partial charge in [-0.05, 0) is 80.5 Å². The highest BCUT2D eigenvalue weighted by atomic mass is 32.1. The van der Waals surface area contributed by atoms with E-state index in [1.165, 1.54) is 42.7 Å². The molecule has 1 amide bonds. The van der Waals surface area contributed by atoms with Gasteiger partial charge in [0.15, 0.2) is 0 Å². The maximum atomic E-state index is 12.9. The molecule has 4 fully saturated rings. The summed E-state index contributed by atoms with van der Waals surface area (Å²) in [4.78, 5) is 17.3. The minimum absolute atomic E-state index is 0.000223. The molecule has 6 rings (SSSR count). The largest absolute Gasteiger partial charge is 0.486 e. The summed E-state index contributed by atoms with van der Waals surface area (Å²) in [5.74, 6) is 2.64. The lowest BCUT2D eigenvalue weighted by Crippen LogP contribution is -2.59. The number of halogens is 1. The molecule has 6 heteroatoms. The minimum atomic E-state index is -0.291. The van der Waals surface area contributed by atoms with Gasteiger partial charge in [-0.2, -0.15) is 0 Å². The fourth-order valence-electron chi connectivity index (χ4n) is 5.73. The molecule has 2 aromatic rings. The maximum absolute atomic E-state index is 12.9. The van der Waals surface area contributed by atoms with E-state index in [1.54, 1.807) is 17.5 Å². The molecule has 0 unspecified atom stereocenters. The second kappa shape index (κ2) is 6.59. The van der Waals surface area contributed by atoms with Crippen molar-refractivity contribution in [2.45, 2.75) is 50.7 Å². The van der Waals surface area contributed by atoms with Crippen molar-refractivity contribution in [1.82, 2.24) is 10.3 Å². The smallest absolute Gasteiger partial charge is 0.271 e. The summed E-state index contributed by atoms with van der Waals surface area (Å²) in [6, 6.07) is 5.90. The zero-order chi connectivity index (χ0) is 18.4. The molecule has 142 valence electrons. The lowest BCUT2D eigenvalue weighted by atomic mass is 9.53. The maximum Gasteiger partial charge on any atom is 0.271 e. The highest BCUT2D eigenvalue weighted by Crippen LogP contribution is 2.55. The Morgan fingerprint density at radius 2 is 1.78 bits per heavy atom. The fraction of sp³-hybridized carbons (Fsp3) is 0.524. The summed E-state index contributed by atoms with van der Waals surface area (Å²) in [7, 11) is 0. The SMILES string of the molecule is O=C(NC12CC3CC(CC(C3)C1)C2)c1csc(COc2ccc(F)cc2)n1. The monoisotopic (exact) mass is 386 g/mol. The van der Waals surface area contributed by atoms with Crippen LogP contribution in [-0.4, -0.2) is 16.4 Å². The number of rotatable bonds is 5. The second-order valence-electron chi connectivity index (χ2n) is 8.52. The summed E-state index contributed by atoms with van der Waals surface area (Å²) in [5.41, 5.74) is 0.480. The molecular weight excluding hydrogens is 363 g/mol. The summed E-state index contributed by atoms with van der Waals surface area (Å²) < 4.78 is 18.6. The van der Waals surface area contributed by atoms with Gasteiger partial charge in [-0.25, -0.2) is 9.37 Å². The number of amides is 1. The molecule has 0 saturated heterocycles. The summed E-state index contributed by atoms with van der Waals surface area (Å²) in [6.45, 7) is 0.279. The van der Waals surface area contributed by atoms with Crippen molar-refractivity contribution in [1.29, 1.82) is 0 Å². The van der Waals surface area contributed by atoms with E-state index >= 15 is 0 Å². The van der Waals surface area contributed by atoms with Gasteiger partial charge in [0.05, 0.1) is 0 Å². The third-order valence-electron chi connectivity index (χ3n) is 6.38. The molecule has 0 aliphatic heterocycles. The van der Waals surface area contributed by atoms with Crippen LogP contribution in [0.25, 0.3) is 0 Å². The van der Waals surface area contributed by atoms with Crippen LogP contribution in [0.3, 0.4) is 0 Å². The number of aromatic nitrogens is 1. The van der Waals surface area contributed by atoms with Crippen molar-refractivity contribution < 1.29 is 13.9 Å². The van der Waals surface area contributed by atoms with Crippen LogP contribution in [0.15, 0.2) is 29.6 Å². The average molecular weight is 386 g/mol. The van der Waals surface area contributed by atoms with Gasteiger partial charge < -0.3 is 10.1 Å². The standard InChI is InChI=1S/C21H23FN2O2S/c22-16-1-3-17(4-2-16)26-11-19-23-18(12-27-19)20(25)24-21-8-13-5-14(9-21)7-15(6-13)10-21/h1-4,12-15H,5-11H2,(H,24,25). The quantitative estimate of drug-likeness (QED) is 0.820. The predicted octanol–water partition coefficient (Wildman–Crippen LogP) is 4.56. The lowest BCUT2D eigenvalue weighted by Gasteiger charge is -2.56. The zero-order valence-electron chi connectivity index (χ0n) is 15.1. The molecule has 4 saturated carbocycles. The van der Waals surface area contributed by atoms with Crippen LogP contribution in [-0.2, 0) is 6.61 Å². The third kappa shape index (κ3) is 3.47. The zero-order valence-corrected chi connectivity index (χ0v) is 15.9. The van der Waals surface area contributed by atoms with Crippen LogP contribution in [0.5, 0.6) is 5.75 Å². The summed E-state index contributed by atoms with van der Waals surface area (Å²) >= 11 is 1.42. The Hall–Kier alpha value is -1.95. The highest BCUT2D eigenvalue weighted by Gasteiger charge is 2.51. The van der Waals surface area contributed by atoms with Crippen LogP contribution in [0.4, 0.5) is 4.39 Å². The molecule has 1 aromatic heterocycles. The van der Waals surface area contributed by atoms with Crippen molar-refractivity contribution in [3.8, 4) is 5.75 Å². The normalized spacial score (nSPS) is 31.1. The van der Waals surface area contributed by atoms with E-state index in [0.717, 1.165) is 42.0 Å². The first-order valence-corrected chi connectivity index (χ1v) is 10.6. The molecular formula is C21H23FN2O2S. The number of hydrogen-bond donors (Lipinski definition) is 1. The third-order valence-corrected chi connectivity index (χ3v) is 7.20. The summed E-state index contributed by atoms with van der Waals surface area (Å²) in [5, 5.41) is 5.91. The Kier molecular flexibility index (Phi) is 4.19. The number of nitrogens with one attached hydrogen (secondary N) is 1. The summed E-state index contributed by atoms with van der Waals surface area (Å²) in [6.07, 6.45) is 7.48. The average Bonchev–Trinajstić information content (AvgIpc) is 3.09. The van der Waals surface area contributed by atoms with E-state index in [0.29, 0.717) is 11.4 Å². The number of carbonyl (C=O) groups excluding carboxylic acids is 1. The van der Waals surface area contributed by atoms with Crippen molar-refractivity contribution in [2.24, 2.45) is 17.8 Å².